The molecule has 0 nitrogen and oxygen atoms in total. The molecule has 48 valence electrons. The highest BCUT2D eigenvalue weighted by atomic mass is 33.7. The van der Waals surface area contributed by atoms with Crippen molar-refractivity contribution in [3.63, 3.8) is 0 Å². The largest absolute Gasteiger partial charge is 0.0852 e. The zero-order valence-electron chi connectivity index (χ0n) is 4.79. The molecular formula is C4H8S4. The molecule has 4 heteroatoms. The first-order valence-corrected chi connectivity index (χ1v) is 7.34. The Hall–Kier alpha value is 1.14. The first-order valence-electron chi connectivity index (χ1n) is 2.05. The Morgan fingerprint density at radius 2 is 2.00 bits per heavy atom. The fraction of sp³-hybridized carbons (Fsp3) is 0.500. The summed E-state index contributed by atoms with van der Waals surface area (Å²) in [5.74, 6) is 0. The minimum atomic E-state index is 1.76. The molecule has 0 aliphatic heterocycles. The lowest BCUT2D eigenvalue weighted by Crippen LogP contribution is -1.35. The third-order valence-electron chi connectivity index (χ3n) is 0.327. The summed E-state index contributed by atoms with van der Waals surface area (Å²) in [7, 11) is 7.11. The lowest BCUT2D eigenvalue weighted by Gasteiger charge is -1.86. The first-order chi connectivity index (χ1) is 3.91. The number of hydrogen-bond donors (Lipinski definition) is 0. The monoisotopic (exact) mass is 184 g/mol. The smallest absolute Gasteiger partial charge is 0.00707 e. The molecular weight excluding hydrogens is 176 g/mol. The lowest BCUT2D eigenvalue weighted by atomic mass is 10.8. The summed E-state index contributed by atoms with van der Waals surface area (Å²) in [6.07, 6.45) is 4.12. The molecule has 0 saturated carbocycles. The molecule has 0 amide bonds. The van der Waals surface area contributed by atoms with Crippen molar-refractivity contribution < 1.29 is 0 Å². The minimum Gasteiger partial charge on any atom is -0.0852 e. The van der Waals surface area contributed by atoms with Gasteiger partial charge in [0.1, 0.15) is 0 Å². The Kier molecular flexibility index (Phi) is 9.30. The van der Waals surface area contributed by atoms with E-state index in [2.05, 4.69) is 11.7 Å². The Bertz CT molecular complexity index is 61.1. The summed E-state index contributed by atoms with van der Waals surface area (Å²) >= 11 is 0. The quantitative estimate of drug-likeness (QED) is 0.481. The van der Waals surface area contributed by atoms with Gasteiger partial charge in [-0.3, -0.25) is 0 Å². The summed E-state index contributed by atoms with van der Waals surface area (Å²) in [6.45, 7) is 2.03. The molecule has 0 rings (SSSR count). The van der Waals surface area contributed by atoms with Crippen LogP contribution in [0.25, 0.3) is 0 Å². The molecule has 0 atom stereocenters. The van der Waals surface area contributed by atoms with Crippen molar-refractivity contribution in [3.05, 3.63) is 11.5 Å². The van der Waals surface area contributed by atoms with Crippen LogP contribution >= 0.6 is 41.2 Å². The molecule has 0 saturated heterocycles. The van der Waals surface area contributed by atoms with Gasteiger partial charge in [-0.15, -0.1) is 0 Å². The van der Waals surface area contributed by atoms with Gasteiger partial charge in [0.05, 0.1) is 0 Å². The third kappa shape index (κ3) is 7.14. The van der Waals surface area contributed by atoms with Crippen molar-refractivity contribution >= 4 is 41.2 Å². The number of hydrogen-bond acceptors (Lipinski definition) is 4. The van der Waals surface area contributed by atoms with Crippen molar-refractivity contribution in [2.75, 3.05) is 6.26 Å². The predicted molar refractivity (Wildman–Crippen MR) is 51.1 cm³/mol. The van der Waals surface area contributed by atoms with E-state index in [4.69, 9.17) is 0 Å². The van der Waals surface area contributed by atoms with E-state index in [-0.39, 0.29) is 0 Å². The van der Waals surface area contributed by atoms with Crippen LogP contribution in [0.3, 0.4) is 0 Å². The van der Waals surface area contributed by atoms with Gasteiger partial charge in [-0.1, -0.05) is 27.7 Å². The van der Waals surface area contributed by atoms with E-state index in [0.29, 0.717) is 0 Å². The summed E-state index contributed by atoms with van der Waals surface area (Å²) < 4.78 is 0. The molecule has 0 aliphatic rings. The molecule has 0 heterocycles. The van der Waals surface area contributed by atoms with Gasteiger partial charge in [0.2, 0.25) is 0 Å². The highest BCUT2D eigenvalue weighted by molar-refractivity contribution is 9.26. The van der Waals surface area contributed by atoms with Gasteiger partial charge >= 0.3 is 0 Å². The van der Waals surface area contributed by atoms with Gasteiger partial charge in [0.25, 0.3) is 0 Å². The summed E-state index contributed by atoms with van der Waals surface area (Å²) in [5, 5.41) is 2.08. The Morgan fingerprint density at radius 1 is 1.25 bits per heavy atom. The van der Waals surface area contributed by atoms with Crippen LogP contribution < -0.4 is 0 Å². The van der Waals surface area contributed by atoms with Crippen LogP contribution in [-0.2, 0) is 0 Å². The van der Waals surface area contributed by atoms with E-state index >= 15 is 0 Å². The highest BCUT2D eigenvalue weighted by Gasteiger charge is 1.80. The Balaban J connectivity index is 2.72. The number of rotatable bonds is 4. The summed E-state index contributed by atoms with van der Waals surface area (Å²) in [6, 6.07) is 0. The zero-order chi connectivity index (χ0) is 6.24. The topological polar surface area (TPSA) is 0 Å². The van der Waals surface area contributed by atoms with Gasteiger partial charge in [-0.2, -0.15) is 0 Å². The molecule has 0 aromatic carbocycles. The van der Waals surface area contributed by atoms with Gasteiger partial charge in [-0.05, 0) is 38.2 Å². The third-order valence-corrected chi connectivity index (χ3v) is 6.06. The average molecular weight is 184 g/mol. The van der Waals surface area contributed by atoms with E-state index in [0.717, 1.165) is 0 Å². The molecule has 0 spiro atoms. The maximum atomic E-state index is 2.08. The van der Waals surface area contributed by atoms with Crippen LogP contribution in [0, 0.1) is 0 Å². The van der Waals surface area contributed by atoms with E-state index in [1.54, 1.807) is 41.2 Å². The van der Waals surface area contributed by atoms with E-state index in [9.17, 15) is 0 Å². The van der Waals surface area contributed by atoms with Crippen molar-refractivity contribution in [2.24, 2.45) is 0 Å². The molecule has 0 N–H and O–H groups in total. The fourth-order valence-corrected chi connectivity index (χ4v) is 4.66. The van der Waals surface area contributed by atoms with E-state index in [1.807, 2.05) is 13.0 Å². The van der Waals surface area contributed by atoms with Crippen LogP contribution in [0.5, 0.6) is 0 Å². The molecule has 0 bridgehead atoms. The second-order valence-corrected chi connectivity index (χ2v) is 6.78. The second-order valence-electron chi connectivity index (χ2n) is 0.868. The van der Waals surface area contributed by atoms with Gasteiger partial charge in [0, 0.05) is 0 Å². The van der Waals surface area contributed by atoms with E-state index < -0.39 is 0 Å². The van der Waals surface area contributed by atoms with Crippen LogP contribution in [0.4, 0.5) is 0 Å². The highest BCUT2D eigenvalue weighted by Crippen LogP contribution is 2.41. The SMILES string of the molecule is C/C=C/SSSSC. The van der Waals surface area contributed by atoms with Crippen molar-refractivity contribution in [1.29, 1.82) is 0 Å². The Labute approximate surface area is 65.8 Å². The molecule has 0 unspecified atom stereocenters. The molecule has 0 fully saturated rings. The predicted octanol–water partition coefficient (Wildman–Crippen LogP) is 3.83. The molecule has 0 aliphatic carbocycles. The number of allylic oxidation sites excluding steroid dienone is 1. The summed E-state index contributed by atoms with van der Waals surface area (Å²) in [5.41, 5.74) is 0. The lowest BCUT2D eigenvalue weighted by molar-refractivity contribution is 1.79. The van der Waals surface area contributed by atoms with Crippen LogP contribution in [0.15, 0.2) is 11.5 Å². The zero-order valence-corrected chi connectivity index (χ0v) is 8.05. The first kappa shape index (κ1) is 9.14. The van der Waals surface area contributed by atoms with E-state index in [1.165, 1.54) is 0 Å². The Morgan fingerprint density at radius 3 is 2.50 bits per heavy atom. The fourth-order valence-electron chi connectivity index (χ4n) is 0.122. The standard InChI is InChI=1S/C4H8S4/c1-3-4-6-8-7-5-2/h3-4H,1-2H3/b4-3+. The maximum Gasteiger partial charge on any atom is -0.00707 e. The van der Waals surface area contributed by atoms with Crippen LogP contribution in [0.2, 0.25) is 0 Å². The summed E-state index contributed by atoms with van der Waals surface area (Å²) in [4.78, 5) is 0. The van der Waals surface area contributed by atoms with Crippen LogP contribution in [-0.4, -0.2) is 6.26 Å². The molecule has 0 aromatic rings. The maximum absolute atomic E-state index is 2.08. The molecule has 8 heavy (non-hydrogen) atoms. The van der Waals surface area contributed by atoms with Crippen molar-refractivity contribution in [3.8, 4) is 0 Å². The molecule has 0 radical (unpaired) electrons. The average Bonchev–Trinajstić information content (AvgIpc) is 1.81. The van der Waals surface area contributed by atoms with Gasteiger partial charge < -0.3 is 0 Å². The van der Waals surface area contributed by atoms with Crippen molar-refractivity contribution in [1.82, 2.24) is 0 Å². The van der Waals surface area contributed by atoms with Crippen molar-refractivity contribution in [2.45, 2.75) is 6.92 Å². The minimum absolute atomic E-state index is 1.76. The van der Waals surface area contributed by atoms with Crippen LogP contribution in [0.1, 0.15) is 6.92 Å². The molecule has 0 aromatic heterocycles. The normalized spacial score (nSPS) is 10.8. The van der Waals surface area contributed by atoms with Gasteiger partial charge in [-0.25, -0.2) is 0 Å². The van der Waals surface area contributed by atoms with Gasteiger partial charge in [0.15, 0.2) is 0 Å². The second kappa shape index (κ2) is 8.14.